The molecule has 0 aliphatic heterocycles. The third kappa shape index (κ3) is 3.77. The van der Waals surface area contributed by atoms with E-state index < -0.39 is 17.7 Å². The van der Waals surface area contributed by atoms with Crippen LogP contribution in [0.2, 0.25) is 0 Å². The van der Waals surface area contributed by atoms with E-state index in [1.54, 1.807) is 6.92 Å². The fourth-order valence-electron chi connectivity index (χ4n) is 1.97. The molecule has 3 nitrogen and oxygen atoms in total. The molecule has 0 fully saturated rings. The number of hydrogen-bond donors (Lipinski definition) is 1. The second-order valence-electron chi connectivity index (χ2n) is 4.72. The van der Waals surface area contributed by atoms with Gasteiger partial charge in [0.05, 0.1) is 11.6 Å². The number of nitriles is 1. The van der Waals surface area contributed by atoms with Gasteiger partial charge >= 0.3 is 0 Å². The Morgan fingerprint density at radius 2 is 1.95 bits per heavy atom. The molecule has 5 heteroatoms. The predicted octanol–water partition coefficient (Wildman–Crippen LogP) is 3.44. The third-order valence-corrected chi connectivity index (χ3v) is 2.94. The van der Waals surface area contributed by atoms with Crippen LogP contribution in [0.1, 0.15) is 29.7 Å². The van der Waals surface area contributed by atoms with Gasteiger partial charge in [0.25, 0.3) is 0 Å². The van der Waals surface area contributed by atoms with Crippen LogP contribution < -0.4 is 10.5 Å². The van der Waals surface area contributed by atoms with Gasteiger partial charge in [0, 0.05) is 11.6 Å². The standard InChI is InChI=1S/C16H14F2N2O/c1-10(20)15-7-13(17)2-3-16(15)21-9-12-4-11(8-19)5-14(18)6-12/h2-7,10H,9,20H2,1H3. The second kappa shape index (κ2) is 6.33. The van der Waals surface area contributed by atoms with E-state index in [-0.39, 0.29) is 12.2 Å². The lowest BCUT2D eigenvalue weighted by molar-refractivity contribution is 0.300. The molecular formula is C16H14F2N2O. The highest BCUT2D eigenvalue weighted by atomic mass is 19.1. The number of halogens is 2. The maximum Gasteiger partial charge on any atom is 0.124 e. The van der Waals surface area contributed by atoms with E-state index in [4.69, 9.17) is 15.7 Å². The highest BCUT2D eigenvalue weighted by Crippen LogP contribution is 2.25. The van der Waals surface area contributed by atoms with Gasteiger partial charge in [0.2, 0.25) is 0 Å². The third-order valence-electron chi connectivity index (χ3n) is 2.94. The van der Waals surface area contributed by atoms with E-state index in [1.165, 1.54) is 30.3 Å². The van der Waals surface area contributed by atoms with Gasteiger partial charge in [-0.1, -0.05) is 0 Å². The fourth-order valence-corrected chi connectivity index (χ4v) is 1.97. The molecule has 1 unspecified atom stereocenters. The molecule has 0 aromatic heterocycles. The first-order valence-corrected chi connectivity index (χ1v) is 6.37. The van der Waals surface area contributed by atoms with Gasteiger partial charge in [-0.15, -0.1) is 0 Å². The first-order valence-electron chi connectivity index (χ1n) is 6.37. The van der Waals surface area contributed by atoms with Crippen molar-refractivity contribution in [2.75, 3.05) is 0 Å². The van der Waals surface area contributed by atoms with Crippen molar-refractivity contribution in [3.63, 3.8) is 0 Å². The van der Waals surface area contributed by atoms with Crippen LogP contribution in [0.25, 0.3) is 0 Å². The summed E-state index contributed by atoms with van der Waals surface area (Å²) in [5.74, 6) is -0.458. The Balaban J connectivity index is 2.21. The van der Waals surface area contributed by atoms with Crippen LogP contribution in [0.4, 0.5) is 8.78 Å². The minimum atomic E-state index is -0.501. The topological polar surface area (TPSA) is 59.0 Å². The molecule has 0 aliphatic rings. The Morgan fingerprint density at radius 1 is 1.19 bits per heavy atom. The van der Waals surface area contributed by atoms with Crippen molar-refractivity contribution in [1.82, 2.24) is 0 Å². The Labute approximate surface area is 121 Å². The summed E-state index contributed by atoms with van der Waals surface area (Å²) in [6.07, 6.45) is 0. The number of benzene rings is 2. The molecule has 0 saturated heterocycles. The first-order chi connectivity index (χ1) is 9.99. The summed E-state index contributed by atoms with van der Waals surface area (Å²) in [6, 6.07) is 9.53. The van der Waals surface area contributed by atoms with E-state index in [1.807, 2.05) is 6.07 Å². The zero-order valence-corrected chi connectivity index (χ0v) is 11.4. The normalized spacial score (nSPS) is 11.8. The van der Waals surface area contributed by atoms with Crippen molar-refractivity contribution < 1.29 is 13.5 Å². The number of ether oxygens (including phenoxy) is 1. The summed E-state index contributed by atoms with van der Waals surface area (Å²) < 4.78 is 32.1. The van der Waals surface area contributed by atoms with Crippen LogP contribution in [0.15, 0.2) is 36.4 Å². The molecule has 0 amide bonds. The monoisotopic (exact) mass is 288 g/mol. The lowest BCUT2D eigenvalue weighted by atomic mass is 10.1. The minimum Gasteiger partial charge on any atom is -0.489 e. The van der Waals surface area contributed by atoms with E-state index in [0.29, 0.717) is 16.9 Å². The van der Waals surface area contributed by atoms with Gasteiger partial charge < -0.3 is 10.5 Å². The summed E-state index contributed by atoms with van der Waals surface area (Å²) in [6.45, 7) is 1.79. The lowest BCUT2D eigenvalue weighted by Gasteiger charge is -2.14. The molecule has 0 bridgehead atoms. The number of rotatable bonds is 4. The van der Waals surface area contributed by atoms with Crippen molar-refractivity contribution in [2.24, 2.45) is 5.73 Å². The molecule has 0 spiro atoms. The molecule has 0 heterocycles. The maximum atomic E-state index is 13.3. The highest BCUT2D eigenvalue weighted by Gasteiger charge is 2.10. The smallest absolute Gasteiger partial charge is 0.124 e. The Bertz CT molecular complexity index is 693. The quantitative estimate of drug-likeness (QED) is 0.937. The predicted molar refractivity (Wildman–Crippen MR) is 74.4 cm³/mol. The molecule has 1 atom stereocenters. The molecule has 0 radical (unpaired) electrons. The Hall–Kier alpha value is -2.45. The van der Waals surface area contributed by atoms with Gasteiger partial charge in [-0.05, 0) is 48.9 Å². The molecule has 2 N–H and O–H groups in total. The van der Waals surface area contributed by atoms with E-state index >= 15 is 0 Å². The van der Waals surface area contributed by atoms with Crippen LogP contribution in [0, 0.1) is 23.0 Å². The van der Waals surface area contributed by atoms with Crippen LogP contribution in [0.5, 0.6) is 5.75 Å². The molecule has 21 heavy (non-hydrogen) atoms. The molecule has 2 rings (SSSR count). The van der Waals surface area contributed by atoms with Crippen molar-refractivity contribution in [1.29, 1.82) is 5.26 Å². The van der Waals surface area contributed by atoms with Crippen LogP contribution in [-0.2, 0) is 6.61 Å². The summed E-state index contributed by atoms with van der Waals surface area (Å²) in [4.78, 5) is 0. The van der Waals surface area contributed by atoms with E-state index in [0.717, 1.165) is 6.07 Å². The molecule has 0 saturated carbocycles. The minimum absolute atomic E-state index is 0.0673. The van der Waals surface area contributed by atoms with Gasteiger partial charge in [-0.2, -0.15) is 5.26 Å². The SMILES string of the molecule is CC(N)c1cc(F)ccc1OCc1cc(F)cc(C#N)c1. The molecule has 108 valence electrons. The van der Waals surface area contributed by atoms with Gasteiger partial charge in [-0.3, -0.25) is 0 Å². The molecule has 2 aromatic rings. The number of hydrogen-bond acceptors (Lipinski definition) is 3. The second-order valence-corrected chi connectivity index (χ2v) is 4.72. The summed E-state index contributed by atoms with van der Waals surface area (Å²) >= 11 is 0. The van der Waals surface area contributed by atoms with Gasteiger partial charge in [0.1, 0.15) is 24.0 Å². The number of nitrogens with zero attached hydrogens (tertiary/aromatic N) is 1. The average Bonchev–Trinajstić information content (AvgIpc) is 2.45. The summed E-state index contributed by atoms with van der Waals surface area (Å²) in [5.41, 5.74) is 7.05. The lowest BCUT2D eigenvalue weighted by Crippen LogP contribution is -2.08. The molecular weight excluding hydrogens is 274 g/mol. The summed E-state index contributed by atoms with van der Waals surface area (Å²) in [7, 11) is 0. The Kier molecular flexibility index (Phi) is 4.51. The van der Waals surface area contributed by atoms with Gasteiger partial charge in [-0.25, -0.2) is 8.78 Å². The molecule has 2 aromatic carbocycles. The largest absolute Gasteiger partial charge is 0.489 e. The van der Waals surface area contributed by atoms with Crippen LogP contribution in [-0.4, -0.2) is 0 Å². The van der Waals surface area contributed by atoms with Crippen molar-refractivity contribution in [2.45, 2.75) is 19.6 Å². The highest BCUT2D eigenvalue weighted by molar-refractivity contribution is 5.37. The number of nitrogens with two attached hydrogens (primary N) is 1. The van der Waals surface area contributed by atoms with E-state index in [9.17, 15) is 8.78 Å². The van der Waals surface area contributed by atoms with Gasteiger partial charge in [0.15, 0.2) is 0 Å². The van der Waals surface area contributed by atoms with E-state index in [2.05, 4.69) is 0 Å². The van der Waals surface area contributed by atoms with Crippen molar-refractivity contribution in [3.05, 3.63) is 64.7 Å². The average molecular weight is 288 g/mol. The first kappa shape index (κ1) is 14.9. The van der Waals surface area contributed by atoms with Crippen molar-refractivity contribution in [3.8, 4) is 11.8 Å². The fraction of sp³-hybridized carbons (Fsp3) is 0.188. The molecule has 0 aliphatic carbocycles. The zero-order valence-electron chi connectivity index (χ0n) is 11.4. The Morgan fingerprint density at radius 3 is 2.62 bits per heavy atom. The zero-order chi connectivity index (χ0) is 15.4. The van der Waals surface area contributed by atoms with Crippen molar-refractivity contribution >= 4 is 0 Å². The van der Waals surface area contributed by atoms with Crippen LogP contribution in [0.3, 0.4) is 0 Å². The summed E-state index contributed by atoms with van der Waals surface area (Å²) in [5, 5.41) is 8.80. The maximum absolute atomic E-state index is 13.3. The van der Waals surface area contributed by atoms with Crippen LogP contribution >= 0.6 is 0 Å².